The fraction of sp³-hybridized carbons (Fsp3) is 0.417. The number of carbonyl (C=O) groups is 2. The molecule has 4 nitrogen and oxygen atoms in total. The topological polar surface area (TPSA) is 46.6 Å². The Kier molecular flexibility index (Phi) is 8.73. The molecule has 2 aromatic rings. The van der Waals surface area contributed by atoms with Crippen molar-refractivity contribution in [3.8, 4) is 0 Å². The predicted molar refractivity (Wildman–Crippen MR) is 114 cm³/mol. The molecule has 150 valence electrons. The van der Waals surface area contributed by atoms with Gasteiger partial charge in [-0.1, -0.05) is 38.0 Å². The fourth-order valence-corrected chi connectivity index (χ4v) is 3.21. The zero-order valence-electron chi connectivity index (χ0n) is 17.2. The average molecular weight is 382 g/mol. The summed E-state index contributed by atoms with van der Waals surface area (Å²) < 4.78 is 5.62. The number of ketones is 1. The van der Waals surface area contributed by atoms with Gasteiger partial charge in [-0.05, 0) is 63.1 Å². The first-order valence-electron chi connectivity index (χ1n) is 10.3. The number of ether oxygens (including phenoxy) is 1. The highest BCUT2D eigenvalue weighted by Crippen LogP contribution is 2.19. The van der Waals surface area contributed by atoms with Crippen LogP contribution in [-0.2, 0) is 4.74 Å². The molecule has 0 aliphatic heterocycles. The lowest BCUT2D eigenvalue weighted by atomic mass is 10.0. The van der Waals surface area contributed by atoms with Gasteiger partial charge in [0, 0.05) is 24.3 Å². The number of unbranched alkanes of at least 4 members (excludes halogenated alkanes) is 2. The highest BCUT2D eigenvalue weighted by Gasteiger charge is 2.24. The minimum atomic E-state index is -0.751. The van der Waals surface area contributed by atoms with Gasteiger partial charge < -0.3 is 9.64 Å². The minimum absolute atomic E-state index is 0.133. The van der Waals surface area contributed by atoms with Crippen molar-refractivity contribution in [3.63, 3.8) is 0 Å². The van der Waals surface area contributed by atoms with Gasteiger partial charge >= 0.3 is 5.97 Å². The molecule has 0 aliphatic carbocycles. The smallest absolute Gasteiger partial charge is 0.338 e. The third kappa shape index (κ3) is 5.95. The van der Waals surface area contributed by atoms with E-state index in [1.807, 2.05) is 30.3 Å². The zero-order chi connectivity index (χ0) is 20.4. The number of rotatable bonds is 11. The Morgan fingerprint density at radius 1 is 0.857 bits per heavy atom. The van der Waals surface area contributed by atoms with Crippen LogP contribution in [0, 0.1) is 0 Å². The van der Waals surface area contributed by atoms with Gasteiger partial charge in [-0.15, -0.1) is 0 Å². The molecular formula is C24H31NO3. The van der Waals surface area contributed by atoms with Crippen LogP contribution in [-0.4, -0.2) is 30.9 Å². The molecule has 0 saturated carbocycles. The second kappa shape index (κ2) is 11.3. The van der Waals surface area contributed by atoms with E-state index in [1.54, 1.807) is 24.3 Å². The summed E-state index contributed by atoms with van der Waals surface area (Å²) in [5, 5.41) is 0. The molecule has 0 amide bonds. The number of hydrogen-bond donors (Lipinski definition) is 0. The summed E-state index contributed by atoms with van der Waals surface area (Å²) in [6.07, 6.45) is 2.70. The Bertz CT molecular complexity index is 736. The van der Waals surface area contributed by atoms with Crippen LogP contribution >= 0.6 is 0 Å². The third-order valence-corrected chi connectivity index (χ3v) is 4.90. The Labute approximate surface area is 168 Å². The maximum absolute atomic E-state index is 13.0. The third-order valence-electron chi connectivity index (χ3n) is 4.90. The lowest BCUT2D eigenvalue weighted by Crippen LogP contribution is -2.28. The Morgan fingerprint density at radius 3 is 2.07 bits per heavy atom. The van der Waals surface area contributed by atoms with E-state index in [0.29, 0.717) is 17.5 Å². The van der Waals surface area contributed by atoms with E-state index in [9.17, 15) is 9.59 Å². The first-order chi connectivity index (χ1) is 13.6. The van der Waals surface area contributed by atoms with Crippen molar-refractivity contribution in [1.29, 1.82) is 0 Å². The number of hydrogen-bond acceptors (Lipinski definition) is 4. The van der Waals surface area contributed by atoms with E-state index >= 15 is 0 Å². The van der Waals surface area contributed by atoms with Gasteiger partial charge in [0.25, 0.3) is 0 Å². The van der Waals surface area contributed by atoms with Crippen LogP contribution in [0.2, 0.25) is 0 Å². The number of Topliss-reactive ketones (excluding diaryl/α,β-unsaturated/α-hetero) is 1. The van der Waals surface area contributed by atoms with E-state index < -0.39 is 12.1 Å². The monoisotopic (exact) mass is 381 g/mol. The molecule has 0 aliphatic rings. The van der Waals surface area contributed by atoms with Crippen molar-refractivity contribution in [1.82, 2.24) is 0 Å². The van der Waals surface area contributed by atoms with Gasteiger partial charge in [0.05, 0.1) is 5.56 Å². The second-order valence-corrected chi connectivity index (χ2v) is 6.84. The number of esters is 1. The van der Waals surface area contributed by atoms with E-state index in [0.717, 1.165) is 38.0 Å². The summed E-state index contributed by atoms with van der Waals surface area (Å²) >= 11 is 0. The molecule has 4 heteroatoms. The molecule has 0 aromatic heterocycles. The molecule has 0 radical (unpaired) electrons. The molecule has 28 heavy (non-hydrogen) atoms. The number of carbonyl (C=O) groups excluding carboxylic acids is 2. The summed E-state index contributed by atoms with van der Waals surface area (Å²) in [6, 6.07) is 16.4. The molecule has 0 fully saturated rings. The van der Waals surface area contributed by atoms with Gasteiger partial charge in [0.2, 0.25) is 5.78 Å². The summed E-state index contributed by atoms with van der Waals surface area (Å²) in [5.41, 5.74) is 2.14. The minimum Gasteiger partial charge on any atom is -0.450 e. The molecule has 2 rings (SSSR count). The SMILES string of the molecule is CCCCCC(OC(=O)c1ccccc1)C(=O)c1ccc(N(CC)CC)cc1. The first kappa shape index (κ1) is 21.7. The normalized spacial score (nSPS) is 11.7. The van der Waals surface area contributed by atoms with Crippen molar-refractivity contribution in [2.75, 3.05) is 18.0 Å². The van der Waals surface area contributed by atoms with Crippen molar-refractivity contribution >= 4 is 17.4 Å². The summed E-state index contributed by atoms with van der Waals surface area (Å²) in [7, 11) is 0. The number of nitrogens with zero attached hydrogens (tertiary/aromatic N) is 1. The zero-order valence-corrected chi connectivity index (χ0v) is 17.2. The molecule has 1 atom stereocenters. The van der Waals surface area contributed by atoms with Crippen LogP contribution < -0.4 is 4.90 Å². The lowest BCUT2D eigenvalue weighted by Gasteiger charge is -2.21. The van der Waals surface area contributed by atoms with Crippen LogP contribution in [0.5, 0.6) is 0 Å². The predicted octanol–water partition coefficient (Wildman–Crippen LogP) is 5.52. The quantitative estimate of drug-likeness (QED) is 0.292. The molecule has 0 saturated heterocycles. The van der Waals surface area contributed by atoms with Crippen molar-refractivity contribution in [2.45, 2.75) is 52.6 Å². The summed E-state index contributed by atoms with van der Waals surface area (Å²) in [4.78, 5) is 27.7. The average Bonchev–Trinajstić information content (AvgIpc) is 2.74. The molecule has 1 unspecified atom stereocenters. The van der Waals surface area contributed by atoms with Crippen LogP contribution in [0.3, 0.4) is 0 Å². The van der Waals surface area contributed by atoms with Gasteiger partial charge in [-0.3, -0.25) is 4.79 Å². The van der Waals surface area contributed by atoms with Gasteiger partial charge in [0.15, 0.2) is 6.10 Å². The van der Waals surface area contributed by atoms with Crippen LogP contribution in [0.15, 0.2) is 54.6 Å². The highest BCUT2D eigenvalue weighted by atomic mass is 16.5. The molecule has 2 aromatic carbocycles. The summed E-state index contributed by atoms with van der Waals surface area (Å²) in [5.74, 6) is -0.582. The fourth-order valence-electron chi connectivity index (χ4n) is 3.21. The Hall–Kier alpha value is -2.62. The van der Waals surface area contributed by atoms with Crippen molar-refractivity contribution in [2.24, 2.45) is 0 Å². The molecule has 0 heterocycles. The maximum atomic E-state index is 13.0. The van der Waals surface area contributed by atoms with Crippen LogP contribution in [0.1, 0.15) is 67.2 Å². The largest absolute Gasteiger partial charge is 0.450 e. The van der Waals surface area contributed by atoms with Crippen LogP contribution in [0.25, 0.3) is 0 Å². The Morgan fingerprint density at radius 2 is 1.50 bits per heavy atom. The molecule has 0 bridgehead atoms. The van der Waals surface area contributed by atoms with E-state index in [-0.39, 0.29) is 5.78 Å². The van der Waals surface area contributed by atoms with Gasteiger partial charge in [-0.2, -0.15) is 0 Å². The van der Waals surface area contributed by atoms with Crippen molar-refractivity contribution in [3.05, 3.63) is 65.7 Å². The molecule has 0 spiro atoms. The van der Waals surface area contributed by atoms with Gasteiger partial charge in [0.1, 0.15) is 0 Å². The molecule has 0 N–H and O–H groups in total. The lowest BCUT2D eigenvalue weighted by molar-refractivity contribution is 0.0263. The van der Waals surface area contributed by atoms with E-state index in [2.05, 4.69) is 25.7 Å². The maximum Gasteiger partial charge on any atom is 0.338 e. The Balaban J connectivity index is 2.15. The number of anilines is 1. The van der Waals surface area contributed by atoms with Crippen molar-refractivity contribution < 1.29 is 14.3 Å². The summed E-state index contributed by atoms with van der Waals surface area (Å²) in [6.45, 7) is 8.15. The van der Waals surface area contributed by atoms with E-state index in [4.69, 9.17) is 4.74 Å². The second-order valence-electron chi connectivity index (χ2n) is 6.84. The van der Waals surface area contributed by atoms with Gasteiger partial charge in [-0.25, -0.2) is 4.79 Å². The van der Waals surface area contributed by atoms with E-state index in [1.165, 1.54) is 0 Å². The molecular weight excluding hydrogens is 350 g/mol. The van der Waals surface area contributed by atoms with Crippen LogP contribution in [0.4, 0.5) is 5.69 Å². The highest BCUT2D eigenvalue weighted by molar-refractivity contribution is 6.01. The standard InChI is InChI=1S/C24H31NO3/c1-4-7-9-14-22(28-24(27)20-12-10-8-11-13-20)23(26)19-15-17-21(18-16-19)25(5-2)6-3/h8,10-13,15-18,22H,4-7,9,14H2,1-3H3. The first-order valence-corrected chi connectivity index (χ1v) is 10.3. The number of benzene rings is 2.